The largest absolute Gasteiger partial charge is 0.374 e. The Morgan fingerprint density at radius 1 is 1.20 bits per heavy atom. The molecule has 1 aliphatic carbocycles. The minimum Gasteiger partial charge on any atom is -0.374 e. The second kappa shape index (κ2) is 7.21. The van der Waals surface area contributed by atoms with E-state index in [1.54, 1.807) is 0 Å². The molecule has 3 rings (SSSR count). The number of morpholine rings is 1. The zero-order valence-corrected chi connectivity index (χ0v) is 12.9. The van der Waals surface area contributed by atoms with Gasteiger partial charge in [-0.1, -0.05) is 12.8 Å². The lowest BCUT2D eigenvalue weighted by atomic mass is 9.88. The monoisotopic (exact) mass is 281 g/mol. The van der Waals surface area contributed by atoms with Crippen molar-refractivity contribution in [3.63, 3.8) is 0 Å². The van der Waals surface area contributed by atoms with Gasteiger partial charge in [-0.25, -0.2) is 0 Å². The topological polar surface area (TPSA) is 36.5 Å². The smallest absolute Gasteiger partial charge is 0.0826 e. The summed E-state index contributed by atoms with van der Waals surface area (Å²) < 4.78 is 5.87. The number of ether oxygens (including phenoxy) is 1. The van der Waals surface area contributed by atoms with Crippen molar-refractivity contribution in [1.29, 1.82) is 0 Å². The van der Waals surface area contributed by atoms with Gasteiger partial charge in [0.05, 0.1) is 12.7 Å². The summed E-state index contributed by atoms with van der Waals surface area (Å²) in [6, 6.07) is 1.47. The van der Waals surface area contributed by atoms with Gasteiger partial charge < -0.3 is 20.3 Å². The molecule has 4 nitrogen and oxygen atoms in total. The van der Waals surface area contributed by atoms with Crippen LogP contribution in [0.1, 0.15) is 38.5 Å². The third-order valence-corrected chi connectivity index (χ3v) is 5.38. The average Bonchev–Trinajstić information content (AvgIpc) is 2.95. The Bertz CT molecular complexity index is 293. The van der Waals surface area contributed by atoms with Crippen LogP contribution in [0.2, 0.25) is 0 Å². The van der Waals surface area contributed by atoms with E-state index in [1.807, 2.05) is 0 Å². The second-order valence-electron chi connectivity index (χ2n) is 6.92. The van der Waals surface area contributed by atoms with Crippen LogP contribution in [-0.4, -0.2) is 62.9 Å². The Labute approximate surface area is 123 Å². The zero-order valence-electron chi connectivity index (χ0n) is 12.9. The van der Waals surface area contributed by atoms with E-state index >= 15 is 0 Å². The van der Waals surface area contributed by atoms with Gasteiger partial charge in [0.2, 0.25) is 0 Å². The molecule has 3 fully saturated rings. The van der Waals surface area contributed by atoms with Crippen LogP contribution in [0.15, 0.2) is 0 Å². The summed E-state index contributed by atoms with van der Waals surface area (Å²) in [6.07, 6.45) is 8.69. The van der Waals surface area contributed by atoms with Gasteiger partial charge in [0.15, 0.2) is 0 Å². The molecular formula is C16H31N3O. The number of nitrogens with one attached hydrogen (secondary N) is 2. The standard InChI is InChI=1S/C16H31N3O/c1-19-9-10-20-13(12-19)11-18-16-7-4-5-14(16)15-6-2-3-8-17-15/h13-18H,2-12H2,1H3. The number of nitrogens with zero attached hydrogens (tertiary/aromatic N) is 1. The molecule has 0 spiro atoms. The van der Waals surface area contributed by atoms with Gasteiger partial charge >= 0.3 is 0 Å². The minimum absolute atomic E-state index is 0.384. The van der Waals surface area contributed by atoms with E-state index < -0.39 is 0 Å². The molecule has 2 heterocycles. The summed E-state index contributed by atoms with van der Waals surface area (Å²) in [5.74, 6) is 0.844. The first-order chi connectivity index (χ1) is 9.83. The maximum absolute atomic E-state index is 5.87. The Morgan fingerprint density at radius 3 is 2.95 bits per heavy atom. The van der Waals surface area contributed by atoms with E-state index in [0.29, 0.717) is 12.1 Å². The van der Waals surface area contributed by atoms with Crippen LogP contribution in [0, 0.1) is 5.92 Å². The van der Waals surface area contributed by atoms with Gasteiger partial charge in [0, 0.05) is 31.7 Å². The maximum Gasteiger partial charge on any atom is 0.0826 e. The lowest BCUT2D eigenvalue weighted by Crippen LogP contribution is -2.50. The minimum atomic E-state index is 0.384. The Morgan fingerprint density at radius 2 is 2.15 bits per heavy atom. The summed E-state index contributed by atoms with van der Waals surface area (Å²) in [7, 11) is 2.19. The molecule has 3 aliphatic rings. The van der Waals surface area contributed by atoms with Crippen LogP contribution < -0.4 is 10.6 Å². The highest BCUT2D eigenvalue weighted by atomic mass is 16.5. The third kappa shape index (κ3) is 3.73. The van der Waals surface area contributed by atoms with E-state index in [4.69, 9.17) is 4.74 Å². The van der Waals surface area contributed by atoms with Crippen molar-refractivity contribution in [1.82, 2.24) is 15.5 Å². The Balaban J connectivity index is 1.46. The molecule has 116 valence electrons. The Hall–Kier alpha value is -0.160. The third-order valence-electron chi connectivity index (χ3n) is 5.38. The molecular weight excluding hydrogens is 250 g/mol. The zero-order chi connectivity index (χ0) is 13.8. The quantitative estimate of drug-likeness (QED) is 0.812. The van der Waals surface area contributed by atoms with Crippen LogP contribution in [0.3, 0.4) is 0 Å². The summed E-state index contributed by atoms with van der Waals surface area (Å²) >= 11 is 0. The van der Waals surface area contributed by atoms with E-state index in [-0.39, 0.29) is 0 Å². The first-order valence-corrected chi connectivity index (χ1v) is 8.60. The molecule has 2 N–H and O–H groups in total. The van der Waals surface area contributed by atoms with Crippen molar-refractivity contribution < 1.29 is 4.74 Å². The van der Waals surface area contributed by atoms with E-state index in [9.17, 15) is 0 Å². The summed E-state index contributed by atoms with van der Waals surface area (Å²) in [5.41, 5.74) is 0. The molecule has 4 heteroatoms. The molecule has 4 unspecified atom stereocenters. The van der Waals surface area contributed by atoms with Crippen molar-refractivity contribution in [2.24, 2.45) is 5.92 Å². The molecule has 4 atom stereocenters. The summed E-state index contributed by atoms with van der Waals surface area (Å²) in [5, 5.41) is 7.58. The average molecular weight is 281 g/mol. The predicted molar refractivity (Wildman–Crippen MR) is 82.0 cm³/mol. The van der Waals surface area contributed by atoms with Crippen molar-refractivity contribution in [3.05, 3.63) is 0 Å². The molecule has 2 aliphatic heterocycles. The second-order valence-corrected chi connectivity index (χ2v) is 6.92. The predicted octanol–water partition coefficient (Wildman–Crippen LogP) is 1.22. The van der Waals surface area contributed by atoms with Crippen LogP contribution in [0.4, 0.5) is 0 Å². The lowest BCUT2D eigenvalue weighted by Gasteiger charge is -2.35. The van der Waals surface area contributed by atoms with Crippen molar-refractivity contribution in [2.45, 2.75) is 56.7 Å². The fourth-order valence-electron chi connectivity index (χ4n) is 4.24. The first-order valence-electron chi connectivity index (χ1n) is 8.60. The molecule has 20 heavy (non-hydrogen) atoms. The van der Waals surface area contributed by atoms with Crippen molar-refractivity contribution in [3.8, 4) is 0 Å². The first kappa shape index (κ1) is 14.8. The van der Waals surface area contributed by atoms with Gasteiger partial charge in [-0.05, 0) is 45.2 Å². The maximum atomic E-state index is 5.87. The molecule has 2 saturated heterocycles. The van der Waals surface area contributed by atoms with Gasteiger partial charge in [-0.15, -0.1) is 0 Å². The van der Waals surface area contributed by atoms with Gasteiger partial charge in [-0.3, -0.25) is 0 Å². The highest BCUT2D eigenvalue weighted by Crippen LogP contribution is 2.31. The molecule has 0 amide bonds. The number of likely N-dealkylation sites (N-methyl/N-ethyl adjacent to an activating group) is 1. The van der Waals surface area contributed by atoms with E-state index in [1.165, 1.54) is 45.1 Å². The molecule has 0 radical (unpaired) electrons. The van der Waals surface area contributed by atoms with Crippen LogP contribution >= 0.6 is 0 Å². The Kier molecular flexibility index (Phi) is 5.32. The number of hydrogen-bond acceptors (Lipinski definition) is 4. The number of hydrogen-bond donors (Lipinski definition) is 2. The number of rotatable bonds is 4. The van der Waals surface area contributed by atoms with Crippen molar-refractivity contribution >= 4 is 0 Å². The molecule has 0 bridgehead atoms. The van der Waals surface area contributed by atoms with Crippen molar-refractivity contribution in [2.75, 3.05) is 39.8 Å². The fraction of sp³-hybridized carbons (Fsp3) is 1.00. The SMILES string of the molecule is CN1CCOC(CNC2CCCC2C2CCCCN2)C1. The highest BCUT2D eigenvalue weighted by Gasteiger charge is 2.34. The molecule has 0 aromatic carbocycles. The van der Waals surface area contributed by atoms with Gasteiger partial charge in [-0.2, -0.15) is 0 Å². The number of piperidine rings is 1. The molecule has 1 saturated carbocycles. The normalized spacial score (nSPS) is 40.0. The molecule has 0 aromatic heterocycles. The van der Waals surface area contributed by atoms with E-state index in [0.717, 1.165) is 38.2 Å². The van der Waals surface area contributed by atoms with Gasteiger partial charge in [0.1, 0.15) is 0 Å². The summed E-state index contributed by atoms with van der Waals surface area (Å²) in [6.45, 7) is 5.30. The van der Waals surface area contributed by atoms with Crippen LogP contribution in [-0.2, 0) is 4.74 Å². The lowest BCUT2D eigenvalue weighted by molar-refractivity contribution is -0.0200. The van der Waals surface area contributed by atoms with Crippen LogP contribution in [0.25, 0.3) is 0 Å². The summed E-state index contributed by atoms with van der Waals surface area (Å²) in [4.78, 5) is 2.38. The fourth-order valence-corrected chi connectivity index (χ4v) is 4.24. The van der Waals surface area contributed by atoms with Gasteiger partial charge in [0.25, 0.3) is 0 Å². The highest BCUT2D eigenvalue weighted by molar-refractivity contribution is 4.92. The molecule has 0 aromatic rings. The van der Waals surface area contributed by atoms with E-state index in [2.05, 4.69) is 22.6 Å². The van der Waals surface area contributed by atoms with Crippen LogP contribution in [0.5, 0.6) is 0 Å².